The van der Waals surface area contributed by atoms with Gasteiger partial charge in [0.05, 0.1) is 11.5 Å². The van der Waals surface area contributed by atoms with E-state index in [9.17, 15) is 24.5 Å². The van der Waals surface area contributed by atoms with E-state index in [-0.39, 0.29) is 41.7 Å². The van der Waals surface area contributed by atoms with Gasteiger partial charge in [0, 0.05) is 24.2 Å². The van der Waals surface area contributed by atoms with E-state index in [2.05, 4.69) is 16.5 Å². The van der Waals surface area contributed by atoms with Gasteiger partial charge in [0.2, 0.25) is 5.95 Å². The van der Waals surface area contributed by atoms with Gasteiger partial charge in [0.25, 0.3) is 11.2 Å². The summed E-state index contributed by atoms with van der Waals surface area (Å²) in [6.45, 7) is 3.61. The molecule has 0 saturated carbocycles. The van der Waals surface area contributed by atoms with Gasteiger partial charge in [-0.2, -0.15) is 4.98 Å². The maximum absolute atomic E-state index is 13.7. The van der Waals surface area contributed by atoms with Crippen molar-refractivity contribution in [2.45, 2.75) is 37.4 Å². The Morgan fingerprint density at radius 2 is 1.93 bits per heavy atom. The van der Waals surface area contributed by atoms with E-state index in [0.29, 0.717) is 5.56 Å². The number of ether oxygens (including phenoxy) is 5. The third-order valence-corrected chi connectivity index (χ3v) is 6.93. The summed E-state index contributed by atoms with van der Waals surface area (Å²) in [6.07, 6.45) is -5.07. The average molecular weight is 593 g/mol. The van der Waals surface area contributed by atoms with Crippen LogP contribution < -0.4 is 21.7 Å². The Labute approximate surface area is 241 Å². The number of benzene rings is 2. The lowest BCUT2D eigenvalue weighted by Gasteiger charge is -2.33. The fraction of sp³-hybridized carbons (Fsp3) is 0.259. The summed E-state index contributed by atoms with van der Waals surface area (Å²) < 4.78 is 31.4. The first-order valence-electron chi connectivity index (χ1n) is 13.0. The number of rotatable bonds is 7. The molecule has 0 amide bonds. The largest absolute Gasteiger partial charge is 0.514 e. The topological polar surface area (TPSA) is 205 Å². The number of nitro benzene ring substituents is 1. The lowest BCUT2D eigenvalue weighted by atomic mass is 10.1. The fourth-order valence-electron chi connectivity index (χ4n) is 5.08. The van der Waals surface area contributed by atoms with E-state index in [1.54, 1.807) is 24.3 Å². The van der Waals surface area contributed by atoms with Gasteiger partial charge in [-0.3, -0.25) is 24.5 Å². The number of nitrogens with zero attached hydrogens (tertiary/aromatic N) is 4. The summed E-state index contributed by atoms with van der Waals surface area (Å²) in [7, 11) is 0. The summed E-state index contributed by atoms with van der Waals surface area (Å²) >= 11 is 0. The average Bonchev–Trinajstić information content (AvgIpc) is 3.47. The van der Waals surface area contributed by atoms with E-state index in [1.165, 1.54) is 18.2 Å². The molecular weight excluding hydrogens is 568 g/mol. The van der Waals surface area contributed by atoms with Crippen LogP contribution in [0.1, 0.15) is 18.1 Å². The first-order chi connectivity index (χ1) is 20.7. The number of hydrogen-bond donors (Lipinski definition) is 2. The molecule has 6 rings (SSSR count). The maximum Gasteiger partial charge on any atom is 0.514 e. The lowest BCUT2D eigenvalue weighted by Crippen LogP contribution is -2.45. The number of allylic oxidation sites excluding steroid dienone is 1. The monoisotopic (exact) mass is 592 g/mol. The molecule has 0 radical (unpaired) electrons. The fourth-order valence-corrected chi connectivity index (χ4v) is 5.08. The van der Waals surface area contributed by atoms with Crippen molar-refractivity contribution in [3.8, 4) is 5.75 Å². The number of H-pyrrole nitrogens is 1. The predicted molar refractivity (Wildman–Crippen MR) is 147 cm³/mol. The molecule has 2 saturated heterocycles. The zero-order valence-corrected chi connectivity index (χ0v) is 22.2. The molecule has 2 aromatic carbocycles. The minimum atomic E-state index is -1.35. The molecule has 2 fully saturated rings. The highest BCUT2D eigenvalue weighted by atomic mass is 16.8. The van der Waals surface area contributed by atoms with Crippen molar-refractivity contribution >= 4 is 29.0 Å². The first-order valence-corrected chi connectivity index (χ1v) is 13.0. The number of aromatic amines is 1. The zero-order chi connectivity index (χ0) is 30.2. The predicted octanol–water partition coefficient (Wildman–Crippen LogP) is 2.16. The Morgan fingerprint density at radius 3 is 2.63 bits per heavy atom. The number of nitrogens with one attached hydrogen (secondary N) is 1. The Balaban J connectivity index is 1.39. The van der Waals surface area contributed by atoms with Crippen LogP contribution in [-0.2, 0) is 25.5 Å². The highest BCUT2D eigenvalue weighted by Crippen LogP contribution is 2.41. The Kier molecular flexibility index (Phi) is 7.22. The second-order valence-electron chi connectivity index (χ2n) is 9.60. The van der Waals surface area contributed by atoms with Gasteiger partial charge in [-0.25, -0.2) is 14.2 Å². The molecule has 3 N–H and O–H groups in total. The normalized spacial score (nSPS) is 23.0. The number of hydrogen-bond acceptors (Lipinski definition) is 12. The first kappa shape index (κ1) is 27.8. The number of aromatic nitrogens is 4. The third kappa shape index (κ3) is 5.14. The van der Waals surface area contributed by atoms with E-state index >= 15 is 0 Å². The summed E-state index contributed by atoms with van der Waals surface area (Å²) in [5, 5.41) is 11.0. The highest BCUT2D eigenvalue weighted by molar-refractivity contribution is 5.72. The molecule has 2 aliphatic rings. The molecule has 0 aliphatic carbocycles. The molecule has 2 aliphatic heterocycles. The Bertz CT molecular complexity index is 1820. The van der Waals surface area contributed by atoms with Crippen molar-refractivity contribution < 1.29 is 33.4 Å². The molecule has 2 aromatic heterocycles. The number of imidazole rings is 1. The van der Waals surface area contributed by atoms with Crippen molar-refractivity contribution in [2.75, 3.05) is 12.3 Å². The van der Waals surface area contributed by atoms with Crippen LogP contribution in [0.3, 0.4) is 0 Å². The van der Waals surface area contributed by atoms with Gasteiger partial charge in [-0.1, -0.05) is 36.4 Å². The van der Waals surface area contributed by atoms with Crippen molar-refractivity contribution in [1.82, 2.24) is 19.1 Å². The highest BCUT2D eigenvalue weighted by Gasteiger charge is 2.54. The van der Waals surface area contributed by atoms with Crippen LogP contribution in [0.25, 0.3) is 11.2 Å². The molecule has 4 heterocycles. The van der Waals surface area contributed by atoms with Gasteiger partial charge in [0.15, 0.2) is 29.8 Å². The molecule has 5 atom stereocenters. The summed E-state index contributed by atoms with van der Waals surface area (Å²) in [6, 6.07) is 13.8. The number of fused-ring (bicyclic) bond motifs is 2. The van der Waals surface area contributed by atoms with E-state index in [1.807, 2.05) is 6.07 Å². The lowest BCUT2D eigenvalue weighted by molar-refractivity contribution is -0.384. The molecule has 1 unspecified atom stereocenters. The number of nitrogens with two attached hydrogens (primary N) is 1. The van der Waals surface area contributed by atoms with Gasteiger partial charge >= 0.3 is 11.8 Å². The van der Waals surface area contributed by atoms with Crippen LogP contribution in [-0.4, -0.2) is 55.1 Å². The number of carbonyl (C=O) groups excluding carboxylic acids is 1. The van der Waals surface area contributed by atoms with Gasteiger partial charge in [0.1, 0.15) is 18.0 Å². The Hall–Kier alpha value is -5.32. The Morgan fingerprint density at radius 1 is 1.19 bits per heavy atom. The summed E-state index contributed by atoms with van der Waals surface area (Å²) in [5.41, 5.74) is 4.71. The molecule has 16 heteroatoms. The minimum absolute atomic E-state index is 0.00812. The second-order valence-corrected chi connectivity index (χ2v) is 9.60. The van der Waals surface area contributed by atoms with Crippen LogP contribution in [0.5, 0.6) is 5.75 Å². The third-order valence-electron chi connectivity index (χ3n) is 6.93. The van der Waals surface area contributed by atoms with Gasteiger partial charge in [-0.05, 0) is 12.1 Å². The van der Waals surface area contributed by atoms with Crippen molar-refractivity contribution in [2.24, 2.45) is 0 Å². The van der Waals surface area contributed by atoms with E-state index < -0.39 is 53.2 Å². The molecule has 43 heavy (non-hydrogen) atoms. The van der Waals surface area contributed by atoms with E-state index in [0.717, 1.165) is 21.3 Å². The summed E-state index contributed by atoms with van der Waals surface area (Å²) in [4.78, 5) is 56.5. The molecule has 222 valence electrons. The zero-order valence-electron chi connectivity index (χ0n) is 22.2. The second kappa shape index (κ2) is 11.2. The van der Waals surface area contributed by atoms with Gasteiger partial charge < -0.3 is 29.4 Å². The number of non-ortho nitro benzene ring substituents is 1. The smallest absolute Gasteiger partial charge is 0.423 e. The quantitative estimate of drug-likeness (QED) is 0.104. The number of nitro groups is 1. The van der Waals surface area contributed by atoms with Crippen LogP contribution >= 0.6 is 0 Å². The standard InChI is InChI=1S/C27H24N6O10/c1-2-12-31-18-21(29-25(28)30-22(18)34)32(26(31)35)23-20(43-27(36)40-16-10-8-15(9-11-16)33(37)38)19-17(41-23)13-39-24(42-19)14-6-4-3-5-7-14/h2-11,17,19-20,23-24H,1,12-13H2,(H3,28,29,30,34)/t17-,19-,20-,23-,24?/m0/s1. The molecule has 4 aromatic rings. The van der Waals surface area contributed by atoms with Crippen molar-refractivity contribution in [1.29, 1.82) is 0 Å². The number of nitrogen functional groups attached to an aromatic ring is 1. The molecule has 0 bridgehead atoms. The molecule has 0 spiro atoms. The molecular formula is C27H24N6O10. The van der Waals surface area contributed by atoms with Crippen LogP contribution in [0.2, 0.25) is 0 Å². The van der Waals surface area contributed by atoms with Crippen LogP contribution in [0.4, 0.5) is 16.4 Å². The van der Waals surface area contributed by atoms with Crippen molar-refractivity contribution in [3.63, 3.8) is 0 Å². The maximum atomic E-state index is 13.7. The molecule has 16 nitrogen and oxygen atoms in total. The van der Waals surface area contributed by atoms with E-state index in [4.69, 9.17) is 29.4 Å². The van der Waals surface area contributed by atoms with Crippen LogP contribution in [0, 0.1) is 10.1 Å². The van der Waals surface area contributed by atoms with Crippen molar-refractivity contribution in [3.05, 3.63) is 104 Å². The summed E-state index contributed by atoms with van der Waals surface area (Å²) in [5.74, 6) is -0.283. The minimum Gasteiger partial charge on any atom is -0.423 e. The van der Waals surface area contributed by atoms with Crippen LogP contribution in [0.15, 0.2) is 76.8 Å². The number of anilines is 1. The number of carbonyl (C=O) groups is 1. The van der Waals surface area contributed by atoms with Gasteiger partial charge in [-0.15, -0.1) is 6.58 Å². The SMILES string of the molecule is C=CCn1c(=O)n([C@H]2O[C@H]3COC(c4ccccc4)O[C@@H]3[C@@H]2OC(=O)Oc2ccc([N+](=O)[O-])cc2)c2nc(N)[nH]c(=O)c21.